The number of aryl methyl sites for hydroxylation is 4. The van der Waals surface area contributed by atoms with E-state index >= 15 is 0 Å². The minimum Gasteiger partial charge on any atom is -0.133 e. The zero-order chi connectivity index (χ0) is 23.4. The van der Waals surface area contributed by atoms with Gasteiger partial charge in [-0.25, -0.2) is 0 Å². The van der Waals surface area contributed by atoms with E-state index in [0.29, 0.717) is 0 Å². The van der Waals surface area contributed by atoms with Crippen molar-refractivity contribution in [2.75, 3.05) is 0 Å². The van der Waals surface area contributed by atoms with Gasteiger partial charge in [0.2, 0.25) is 0 Å². The lowest BCUT2D eigenvalue weighted by atomic mass is 10.1. The van der Waals surface area contributed by atoms with E-state index in [0.717, 1.165) is 0 Å². The molecule has 4 heteroatoms. The average Bonchev–Trinajstić information content (AvgIpc) is 3.53. The molecule has 168 valence electrons. The van der Waals surface area contributed by atoms with Gasteiger partial charge in [0.15, 0.2) is 0 Å². The van der Waals surface area contributed by atoms with Crippen LogP contribution in [-0.2, 0) is 0 Å². The van der Waals surface area contributed by atoms with Gasteiger partial charge in [0, 0.05) is 9.75 Å². The van der Waals surface area contributed by atoms with E-state index in [9.17, 15) is 0 Å². The van der Waals surface area contributed by atoms with Crippen molar-refractivity contribution in [1.29, 1.82) is 0 Å². The third-order valence-electron chi connectivity index (χ3n) is 6.29. The normalized spacial score (nSPS) is 12.5. The largest absolute Gasteiger partial charge is 0.133 e. The Hall–Kier alpha value is -2.50. The second kappa shape index (κ2) is 8.62. The number of hydrogen-bond acceptors (Lipinski definition) is 4. The molecular weight excluding hydrogens is 489 g/mol. The molecule has 0 nitrogen and oxygen atoms in total. The van der Waals surface area contributed by atoms with Crippen molar-refractivity contribution in [3.8, 4) is 0 Å². The third-order valence-corrected chi connectivity index (χ3v) is 12.1. The summed E-state index contributed by atoms with van der Waals surface area (Å²) < 4.78 is 8.79. The van der Waals surface area contributed by atoms with Crippen LogP contribution in [0.25, 0.3) is 52.5 Å². The number of hydrogen-bond donors (Lipinski definition) is 0. The first-order chi connectivity index (χ1) is 16.5. The molecule has 6 rings (SSSR count). The maximum Gasteiger partial charge on any atom is 0.0651 e. The Morgan fingerprint density at radius 1 is 0.412 bits per heavy atom. The van der Waals surface area contributed by atoms with Crippen molar-refractivity contribution in [3.63, 3.8) is 0 Å². The molecule has 34 heavy (non-hydrogen) atoms. The summed E-state index contributed by atoms with van der Waals surface area (Å²) >= 11 is 7.85. The van der Waals surface area contributed by atoms with Gasteiger partial charge in [-0.2, -0.15) is 0 Å². The summed E-state index contributed by atoms with van der Waals surface area (Å²) in [6.07, 6.45) is 9.06. The summed E-state index contributed by atoms with van der Waals surface area (Å²) in [6.45, 7) is 8.82. The molecule has 2 aromatic carbocycles. The fourth-order valence-corrected chi connectivity index (χ4v) is 10.0. The number of benzene rings is 2. The van der Waals surface area contributed by atoms with Gasteiger partial charge >= 0.3 is 0 Å². The Kier molecular flexibility index (Phi) is 5.57. The molecule has 4 aromatic heterocycles. The molecule has 0 N–H and O–H groups in total. The molecule has 0 spiro atoms. The minimum absolute atomic E-state index is 1.25. The number of thiophene rings is 4. The van der Waals surface area contributed by atoms with Crippen LogP contribution in [0.4, 0.5) is 0 Å². The molecule has 0 atom stereocenters. The zero-order valence-electron chi connectivity index (χ0n) is 19.6. The molecule has 0 aliphatic rings. The molecule has 0 radical (unpaired) electrons. The van der Waals surface area contributed by atoms with Crippen molar-refractivity contribution in [3.05, 3.63) is 91.7 Å². The Morgan fingerprint density at radius 3 is 1.15 bits per heavy atom. The molecule has 0 saturated heterocycles. The Balaban J connectivity index is 1.37. The zero-order valence-corrected chi connectivity index (χ0v) is 22.8. The second-order valence-corrected chi connectivity index (χ2v) is 13.0. The van der Waals surface area contributed by atoms with Crippen molar-refractivity contribution >= 4 is 97.9 Å². The van der Waals surface area contributed by atoms with Crippen LogP contribution >= 0.6 is 45.3 Å². The number of rotatable bonds is 4. The van der Waals surface area contributed by atoms with E-state index in [4.69, 9.17) is 0 Å². The number of fused-ring (bicyclic) bond motifs is 5. The molecule has 0 aliphatic heterocycles. The van der Waals surface area contributed by atoms with Crippen LogP contribution < -0.4 is 0 Å². The highest BCUT2D eigenvalue weighted by molar-refractivity contribution is 7.44. The van der Waals surface area contributed by atoms with Gasteiger partial charge in [-0.3, -0.25) is 0 Å². The van der Waals surface area contributed by atoms with E-state index in [1.54, 1.807) is 0 Å². The highest BCUT2D eigenvalue weighted by Gasteiger charge is 2.20. The van der Waals surface area contributed by atoms with Crippen LogP contribution in [0.5, 0.6) is 0 Å². The Bertz CT molecular complexity index is 1580. The predicted octanol–water partition coefficient (Wildman–Crippen LogP) is 11.0. The standard InChI is InChI=1S/C30H24S4/c1-17-5-9-21(10-6-17)13-15-23-19(3)25-27(31-23)29-30(33-25)28-26(34-29)20(4)24(32-28)16-14-22-11-7-18(2)8-12-22/h5-16H,1-4H3/b15-13+,16-14+. The van der Waals surface area contributed by atoms with Gasteiger partial charge in [-0.15, -0.1) is 45.3 Å². The first-order valence-corrected chi connectivity index (χ1v) is 14.6. The predicted molar refractivity (Wildman–Crippen MR) is 160 cm³/mol. The lowest BCUT2D eigenvalue weighted by molar-refractivity contribution is 1.46. The Labute approximate surface area is 216 Å². The fraction of sp³-hybridized carbons (Fsp3) is 0.133. The average molecular weight is 513 g/mol. The van der Waals surface area contributed by atoms with Crippen LogP contribution in [0.15, 0.2) is 48.5 Å². The highest BCUT2D eigenvalue weighted by atomic mass is 32.1. The summed E-state index contributed by atoms with van der Waals surface area (Å²) in [7, 11) is 0. The molecule has 0 unspecified atom stereocenters. The minimum atomic E-state index is 1.25. The van der Waals surface area contributed by atoms with Crippen molar-refractivity contribution in [1.82, 2.24) is 0 Å². The van der Waals surface area contributed by atoms with Gasteiger partial charge in [0.25, 0.3) is 0 Å². The van der Waals surface area contributed by atoms with Crippen LogP contribution in [0.1, 0.15) is 43.1 Å². The molecule has 0 amide bonds. The molecule has 0 aliphatic carbocycles. The molecule has 4 heterocycles. The van der Waals surface area contributed by atoms with Gasteiger partial charge in [0.05, 0.1) is 28.2 Å². The van der Waals surface area contributed by atoms with Gasteiger partial charge in [0.1, 0.15) is 0 Å². The summed E-state index contributed by atoms with van der Waals surface area (Å²) in [6, 6.07) is 17.5. The smallest absolute Gasteiger partial charge is 0.0651 e. The molecule has 6 aromatic rings. The summed E-state index contributed by atoms with van der Waals surface area (Å²) in [5.74, 6) is 0. The van der Waals surface area contributed by atoms with Crippen molar-refractivity contribution in [2.45, 2.75) is 27.7 Å². The van der Waals surface area contributed by atoms with E-state index in [1.165, 1.54) is 71.3 Å². The van der Waals surface area contributed by atoms with Crippen LogP contribution in [0, 0.1) is 27.7 Å². The van der Waals surface area contributed by atoms with E-state index in [-0.39, 0.29) is 0 Å². The van der Waals surface area contributed by atoms with Gasteiger partial charge in [-0.05, 0) is 62.1 Å². The monoisotopic (exact) mass is 512 g/mol. The fourth-order valence-electron chi connectivity index (χ4n) is 4.19. The molecule has 0 bridgehead atoms. The van der Waals surface area contributed by atoms with Crippen LogP contribution in [0.3, 0.4) is 0 Å². The van der Waals surface area contributed by atoms with Crippen molar-refractivity contribution in [2.24, 2.45) is 0 Å². The first kappa shape index (κ1) is 22.0. The molecule has 0 fully saturated rings. The Morgan fingerprint density at radius 2 is 0.765 bits per heavy atom. The van der Waals surface area contributed by atoms with E-state index < -0.39 is 0 Å². The summed E-state index contributed by atoms with van der Waals surface area (Å²) in [5, 5.41) is 0. The van der Waals surface area contributed by atoms with Crippen LogP contribution in [-0.4, -0.2) is 0 Å². The van der Waals surface area contributed by atoms with Gasteiger partial charge < -0.3 is 0 Å². The maximum atomic E-state index is 2.29. The van der Waals surface area contributed by atoms with Gasteiger partial charge in [-0.1, -0.05) is 71.8 Å². The molecule has 0 saturated carbocycles. The third kappa shape index (κ3) is 3.79. The van der Waals surface area contributed by atoms with Crippen LogP contribution in [0.2, 0.25) is 0 Å². The maximum absolute atomic E-state index is 2.29. The summed E-state index contributed by atoms with van der Waals surface area (Å²) in [5.41, 5.74) is 7.94. The summed E-state index contributed by atoms with van der Waals surface area (Å²) in [4.78, 5) is 2.75. The first-order valence-electron chi connectivity index (χ1n) is 11.3. The lowest BCUT2D eigenvalue weighted by Crippen LogP contribution is -1.74. The SMILES string of the molecule is Cc1ccc(/C=C/c2sc3c(sc4c5sc(/C=C/c6ccc(C)cc6)c(C)c5sc34)c2C)cc1. The van der Waals surface area contributed by atoms with Crippen molar-refractivity contribution < 1.29 is 0 Å². The molecular formula is C30H24S4. The quantitative estimate of drug-likeness (QED) is 0.220. The second-order valence-electron chi connectivity index (χ2n) is 8.85. The van der Waals surface area contributed by atoms with E-state index in [2.05, 4.69) is 101 Å². The topological polar surface area (TPSA) is 0 Å². The lowest BCUT2D eigenvalue weighted by Gasteiger charge is -1.95. The van der Waals surface area contributed by atoms with E-state index in [1.807, 2.05) is 45.3 Å². The highest BCUT2D eigenvalue weighted by Crippen LogP contribution is 2.52.